The zero-order valence-electron chi connectivity index (χ0n) is 13.6. The molecule has 4 rings (SSSR count). The van der Waals surface area contributed by atoms with Gasteiger partial charge in [-0.3, -0.25) is 4.79 Å². The quantitative estimate of drug-likeness (QED) is 0.709. The molecule has 128 valence electrons. The van der Waals surface area contributed by atoms with Crippen LogP contribution in [0.4, 0.5) is 0 Å². The van der Waals surface area contributed by atoms with Gasteiger partial charge in [0.25, 0.3) is 5.91 Å². The van der Waals surface area contributed by atoms with E-state index in [1.54, 1.807) is 25.5 Å². The molecule has 1 aromatic carbocycles. The number of benzene rings is 1. The van der Waals surface area contributed by atoms with Crippen molar-refractivity contribution in [2.45, 2.75) is 24.6 Å². The normalized spacial score (nSPS) is 13.8. The van der Waals surface area contributed by atoms with Crippen LogP contribution in [0, 0.1) is 0 Å². The Labute approximate surface area is 149 Å². The van der Waals surface area contributed by atoms with Gasteiger partial charge < -0.3 is 14.4 Å². The van der Waals surface area contributed by atoms with Crippen molar-refractivity contribution in [1.29, 1.82) is 0 Å². The molecule has 1 saturated carbocycles. The lowest BCUT2D eigenvalue weighted by Crippen LogP contribution is -2.17. The van der Waals surface area contributed by atoms with Gasteiger partial charge in [-0.15, -0.1) is 11.6 Å². The van der Waals surface area contributed by atoms with Gasteiger partial charge in [0.05, 0.1) is 11.6 Å². The summed E-state index contributed by atoms with van der Waals surface area (Å²) in [6.07, 6.45) is 3.86. The van der Waals surface area contributed by atoms with E-state index >= 15 is 0 Å². The van der Waals surface area contributed by atoms with Crippen LogP contribution < -0.4 is 5.32 Å². The van der Waals surface area contributed by atoms with E-state index in [-0.39, 0.29) is 11.8 Å². The summed E-state index contributed by atoms with van der Waals surface area (Å²) >= 11 is 6.15. The first-order chi connectivity index (χ1) is 12.2. The Balaban J connectivity index is 1.68. The van der Waals surface area contributed by atoms with Crippen molar-refractivity contribution in [3.05, 3.63) is 47.7 Å². The molecule has 0 radical (unpaired) electrons. The number of rotatable bonds is 5. The lowest BCUT2D eigenvalue weighted by atomic mass is 10.2. The Hall–Kier alpha value is -2.67. The second-order valence-electron chi connectivity index (χ2n) is 5.90. The van der Waals surface area contributed by atoms with Crippen molar-refractivity contribution in [2.75, 3.05) is 7.05 Å². The molecule has 25 heavy (non-hydrogen) atoms. The molecule has 8 heteroatoms. The first kappa shape index (κ1) is 15.8. The van der Waals surface area contributed by atoms with Gasteiger partial charge in [0, 0.05) is 24.2 Å². The van der Waals surface area contributed by atoms with Crippen LogP contribution in [0.25, 0.3) is 17.2 Å². The Morgan fingerprint density at radius 1 is 1.36 bits per heavy atom. The first-order valence-electron chi connectivity index (χ1n) is 8.00. The van der Waals surface area contributed by atoms with Gasteiger partial charge >= 0.3 is 0 Å². The van der Waals surface area contributed by atoms with E-state index in [2.05, 4.69) is 20.4 Å². The van der Waals surface area contributed by atoms with Crippen molar-refractivity contribution in [1.82, 2.24) is 25.0 Å². The summed E-state index contributed by atoms with van der Waals surface area (Å²) in [6, 6.07) is 7.20. The monoisotopic (exact) mass is 357 g/mol. The largest absolute Gasteiger partial charge is 0.355 e. The van der Waals surface area contributed by atoms with Gasteiger partial charge in [0.2, 0.25) is 11.7 Å². The molecular formula is C17H16ClN5O2. The first-order valence-corrected chi connectivity index (χ1v) is 8.53. The number of carbonyl (C=O) groups is 1. The molecular weight excluding hydrogens is 342 g/mol. The number of halogens is 1. The molecule has 2 aromatic heterocycles. The van der Waals surface area contributed by atoms with Crippen molar-refractivity contribution in [3.63, 3.8) is 0 Å². The van der Waals surface area contributed by atoms with Crippen molar-refractivity contribution < 1.29 is 9.32 Å². The second-order valence-corrected chi connectivity index (χ2v) is 6.17. The molecule has 7 nitrogen and oxygen atoms in total. The molecule has 1 aliphatic carbocycles. The average Bonchev–Trinajstić information content (AvgIpc) is 3.23. The maximum absolute atomic E-state index is 11.7. The third-order valence-electron chi connectivity index (χ3n) is 4.21. The zero-order chi connectivity index (χ0) is 17.4. The number of hydrogen-bond donors (Lipinski definition) is 1. The minimum atomic E-state index is -0.130. The number of nitrogens with one attached hydrogen (secondary N) is 1. The third kappa shape index (κ3) is 2.91. The minimum absolute atomic E-state index is 0.130. The summed E-state index contributed by atoms with van der Waals surface area (Å²) in [7, 11) is 1.60. The van der Waals surface area contributed by atoms with Crippen LogP contribution in [0.3, 0.4) is 0 Å². The molecule has 0 atom stereocenters. The van der Waals surface area contributed by atoms with Crippen LogP contribution in [0.5, 0.6) is 0 Å². The number of alkyl halides is 1. The van der Waals surface area contributed by atoms with Crippen molar-refractivity contribution in [3.8, 4) is 17.2 Å². The molecule has 0 aliphatic heterocycles. The fourth-order valence-corrected chi connectivity index (χ4v) is 2.91. The molecule has 0 bridgehead atoms. The molecule has 1 amide bonds. The highest BCUT2D eigenvalue weighted by Gasteiger charge is 2.30. The van der Waals surface area contributed by atoms with Gasteiger partial charge in [-0.05, 0) is 37.1 Å². The van der Waals surface area contributed by atoms with Gasteiger partial charge in [-0.1, -0.05) is 5.16 Å². The Bertz CT molecular complexity index is 912. The number of amides is 1. The van der Waals surface area contributed by atoms with E-state index in [0.717, 1.165) is 24.2 Å². The smallest absolute Gasteiger partial charge is 0.251 e. The summed E-state index contributed by atoms with van der Waals surface area (Å²) in [5.41, 5.74) is 2.83. The highest BCUT2D eigenvalue weighted by molar-refractivity contribution is 6.17. The highest BCUT2D eigenvalue weighted by Crippen LogP contribution is 2.39. The van der Waals surface area contributed by atoms with Crippen LogP contribution >= 0.6 is 11.6 Å². The number of aromatic nitrogens is 4. The lowest BCUT2D eigenvalue weighted by molar-refractivity contribution is 0.0963. The van der Waals surface area contributed by atoms with Gasteiger partial charge in [0.1, 0.15) is 12.0 Å². The van der Waals surface area contributed by atoms with Crippen LogP contribution in [0.1, 0.15) is 40.7 Å². The minimum Gasteiger partial charge on any atom is -0.355 e. The number of carbonyl (C=O) groups excluding carboxylic acids is 1. The Kier molecular flexibility index (Phi) is 4.01. The predicted molar refractivity (Wildman–Crippen MR) is 91.8 cm³/mol. The molecule has 1 N–H and O–H groups in total. The van der Waals surface area contributed by atoms with Crippen molar-refractivity contribution >= 4 is 17.5 Å². The van der Waals surface area contributed by atoms with E-state index < -0.39 is 0 Å². The van der Waals surface area contributed by atoms with E-state index in [4.69, 9.17) is 16.1 Å². The van der Waals surface area contributed by atoms with E-state index in [9.17, 15) is 4.79 Å². The topological polar surface area (TPSA) is 85.8 Å². The summed E-state index contributed by atoms with van der Waals surface area (Å²) < 4.78 is 7.18. The Morgan fingerprint density at radius 2 is 2.12 bits per heavy atom. The van der Waals surface area contributed by atoms with Crippen LogP contribution in [0.2, 0.25) is 0 Å². The van der Waals surface area contributed by atoms with Crippen LogP contribution in [-0.4, -0.2) is 32.6 Å². The van der Waals surface area contributed by atoms with E-state index in [1.165, 1.54) is 0 Å². The maximum atomic E-state index is 11.7. The third-order valence-corrected chi connectivity index (χ3v) is 4.46. The van der Waals surface area contributed by atoms with E-state index in [0.29, 0.717) is 28.9 Å². The van der Waals surface area contributed by atoms with Gasteiger partial charge in [-0.2, -0.15) is 4.98 Å². The molecule has 1 fully saturated rings. The fourth-order valence-electron chi connectivity index (χ4n) is 2.66. The SMILES string of the molecule is CNC(=O)c1ccc(-n2cnc(-c3noc(C4CC4)n3)c2CCl)cc1. The molecule has 1 aliphatic rings. The highest BCUT2D eigenvalue weighted by atomic mass is 35.5. The number of imidazole rings is 1. The van der Waals surface area contributed by atoms with E-state index in [1.807, 2.05) is 16.7 Å². The maximum Gasteiger partial charge on any atom is 0.251 e. The predicted octanol–water partition coefficient (Wildman–Crippen LogP) is 2.90. The number of nitrogens with zero attached hydrogens (tertiary/aromatic N) is 4. The van der Waals surface area contributed by atoms with Gasteiger partial charge in [-0.25, -0.2) is 4.98 Å². The van der Waals surface area contributed by atoms with Crippen molar-refractivity contribution in [2.24, 2.45) is 0 Å². The summed E-state index contributed by atoms with van der Waals surface area (Å²) in [4.78, 5) is 20.5. The van der Waals surface area contributed by atoms with Gasteiger partial charge in [0.15, 0.2) is 0 Å². The average molecular weight is 358 g/mol. The summed E-state index contributed by atoms with van der Waals surface area (Å²) in [5.74, 6) is 1.63. The Morgan fingerprint density at radius 3 is 2.76 bits per heavy atom. The summed E-state index contributed by atoms with van der Waals surface area (Å²) in [5, 5.41) is 6.64. The zero-order valence-corrected chi connectivity index (χ0v) is 14.3. The van der Waals surface area contributed by atoms with Crippen LogP contribution in [-0.2, 0) is 5.88 Å². The van der Waals surface area contributed by atoms with Crippen LogP contribution in [0.15, 0.2) is 35.1 Å². The molecule has 3 aromatic rings. The molecule has 0 unspecified atom stereocenters. The number of hydrogen-bond acceptors (Lipinski definition) is 5. The molecule has 0 saturated heterocycles. The second kappa shape index (κ2) is 6.33. The standard InChI is InChI=1S/C17H16ClN5O2/c1-19-16(24)10-4-6-12(7-5-10)23-9-20-14(13(23)8-18)15-21-17(25-22-15)11-2-3-11/h4-7,9,11H,2-3,8H2,1H3,(H,19,24). The molecule has 0 spiro atoms. The summed E-state index contributed by atoms with van der Waals surface area (Å²) in [6.45, 7) is 0. The molecule has 2 heterocycles. The fraction of sp³-hybridized carbons (Fsp3) is 0.294. The lowest BCUT2D eigenvalue weighted by Gasteiger charge is -2.08.